The molecule has 0 saturated heterocycles. The second-order valence-electron chi connectivity index (χ2n) is 4.97. The second-order valence-corrected chi connectivity index (χ2v) is 4.97. The quantitative estimate of drug-likeness (QED) is 0.922. The fourth-order valence-corrected chi connectivity index (χ4v) is 1.84. The van der Waals surface area contributed by atoms with Gasteiger partial charge >= 0.3 is 0 Å². The minimum absolute atomic E-state index is 0.0781. The van der Waals surface area contributed by atoms with Crippen LogP contribution >= 0.6 is 0 Å². The smallest absolute Gasteiger partial charge is 0.141 e. The van der Waals surface area contributed by atoms with Crippen molar-refractivity contribution in [3.05, 3.63) is 35.9 Å². The average molecular weight is 263 g/mol. The molecule has 2 aromatic heterocycles. The number of pyridine rings is 1. The highest BCUT2D eigenvalue weighted by atomic mass is 19.1. The summed E-state index contributed by atoms with van der Waals surface area (Å²) >= 11 is 0. The van der Waals surface area contributed by atoms with Gasteiger partial charge in [0.2, 0.25) is 0 Å². The molecule has 0 aliphatic heterocycles. The molecule has 0 bridgehead atoms. The Labute approximate surface area is 111 Å². The van der Waals surface area contributed by atoms with Crippen LogP contribution in [0.15, 0.2) is 24.4 Å². The summed E-state index contributed by atoms with van der Waals surface area (Å²) in [7, 11) is 0. The molecule has 0 spiro atoms. The molecule has 0 fully saturated rings. The Balaban J connectivity index is 2.41. The van der Waals surface area contributed by atoms with E-state index in [1.807, 2.05) is 4.68 Å². The van der Waals surface area contributed by atoms with Crippen LogP contribution in [0.25, 0.3) is 11.4 Å². The molecule has 2 rings (SSSR count). The molecule has 19 heavy (non-hydrogen) atoms. The van der Waals surface area contributed by atoms with Crippen molar-refractivity contribution in [1.82, 2.24) is 14.8 Å². The first-order valence-electron chi connectivity index (χ1n) is 6.34. The van der Waals surface area contributed by atoms with E-state index in [4.69, 9.17) is 0 Å². The van der Waals surface area contributed by atoms with E-state index in [9.17, 15) is 9.50 Å². The first-order chi connectivity index (χ1) is 9.02. The summed E-state index contributed by atoms with van der Waals surface area (Å²) in [6, 6.07) is 4.91. The van der Waals surface area contributed by atoms with Crippen molar-refractivity contribution in [2.75, 3.05) is 0 Å². The number of rotatable bonds is 4. The predicted octanol–water partition coefficient (Wildman–Crippen LogP) is 2.79. The van der Waals surface area contributed by atoms with Gasteiger partial charge in [0.25, 0.3) is 0 Å². The van der Waals surface area contributed by atoms with Crippen LogP contribution in [0.3, 0.4) is 0 Å². The Bertz CT molecular complexity index is 548. The van der Waals surface area contributed by atoms with Crippen molar-refractivity contribution in [2.24, 2.45) is 5.92 Å². The van der Waals surface area contributed by atoms with E-state index < -0.39 is 0 Å². The molecule has 0 saturated carbocycles. The Kier molecular flexibility index (Phi) is 3.95. The zero-order valence-electron chi connectivity index (χ0n) is 11.3. The molecule has 0 aromatic carbocycles. The van der Waals surface area contributed by atoms with Crippen molar-refractivity contribution in [2.45, 2.75) is 33.4 Å². The Morgan fingerprint density at radius 2 is 2.00 bits per heavy atom. The van der Waals surface area contributed by atoms with Gasteiger partial charge in [-0.15, -0.1) is 0 Å². The monoisotopic (exact) mass is 263 g/mol. The summed E-state index contributed by atoms with van der Waals surface area (Å²) in [6.45, 7) is 6.18. The van der Waals surface area contributed by atoms with Crippen LogP contribution in [0.4, 0.5) is 4.39 Å². The molecule has 1 N–H and O–H groups in total. The summed E-state index contributed by atoms with van der Waals surface area (Å²) in [4.78, 5) is 4.01. The molecule has 0 amide bonds. The molecule has 5 heteroatoms. The summed E-state index contributed by atoms with van der Waals surface area (Å²) in [6.07, 6.45) is 1.17. The summed E-state index contributed by atoms with van der Waals surface area (Å²) in [5.41, 5.74) is 1.99. The molecule has 0 aliphatic carbocycles. The van der Waals surface area contributed by atoms with E-state index in [1.54, 1.807) is 12.1 Å². The van der Waals surface area contributed by atoms with Crippen molar-refractivity contribution >= 4 is 0 Å². The maximum absolute atomic E-state index is 12.9. The molecule has 1 atom stereocenters. The minimum atomic E-state index is -0.374. The largest absolute Gasteiger partial charge is 0.390 e. The third kappa shape index (κ3) is 2.81. The zero-order valence-corrected chi connectivity index (χ0v) is 11.3. The maximum Gasteiger partial charge on any atom is 0.141 e. The molecular formula is C14H18FN3O. The number of nitrogens with zero attached hydrogens (tertiary/aromatic N) is 3. The van der Waals surface area contributed by atoms with Gasteiger partial charge in [-0.2, -0.15) is 5.10 Å². The van der Waals surface area contributed by atoms with E-state index in [0.29, 0.717) is 17.3 Å². The van der Waals surface area contributed by atoms with Crippen molar-refractivity contribution < 1.29 is 9.50 Å². The molecule has 2 heterocycles. The number of aromatic nitrogens is 3. The fraction of sp³-hybridized carbons (Fsp3) is 0.429. The highest BCUT2D eigenvalue weighted by Crippen LogP contribution is 2.23. The van der Waals surface area contributed by atoms with Gasteiger partial charge in [-0.25, -0.2) is 4.39 Å². The van der Waals surface area contributed by atoms with Gasteiger partial charge in [0, 0.05) is 0 Å². The van der Waals surface area contributed by atoms with E-state index in [2.05, 4.69) is 30.9 Å². The van der Waals surface area contributed by atoms with Crippen molar-refractivity contribution in [1.29, 1.82) is 0 Å². The summed E-state index contributed by atoms with van der Waals surface area (Å²) in [5.74, 6) is 0.0281. The van der Waals surface area contributed by atoms with Gasteiger partial charge in [-0.3, -0.25) is 9.67 Å². The van der Waals surface area contributed by atoms with Crippen LogP contribution in [0.5, 0.6) is 0 Å². The normalized spacial score (nSPS) is 12.9. The topological polar surface area (TPSA) is 50.9 Å². The van der Waals surface area contributed by atoms with Crippen LogP contribution in [-0.2, 0) is 6.61 Å². The van der Waals surface area contributed by atoms with Gasteiger partial charge in [0.1, 0.15) is 11.5 Å². The molecule has 1 unspecified atom stereocenters. The zero-order chi connectivity index (χ0) is 14.0. The van der Waals surface area contributed by atoms with Crippen LogP contribution < -0.4 is 0 Å². The third-order valence-corrected chi connectivity index (χ3v) is 3.32. The standard InChI is InChI=1S/C14H18FN3O/c1-9(2)10(3)18-12(8-19)6-14(17-18)13-5-4-11(15)7-16-13/h4-7,9-10,19H,8H2,1-3H3. The Morgan fingerprint density at radius 3 is 2.53 bits per heavy atom. The van der Waals surface area contributed by atoms with Gasteiger partial charge < -0.3 is 5.11 Å². The number of halogens is 1. The molecule has 0 radical (unpaired) electrons. The van der Waals surface area contributed by atoms with Crippen LogP contribution in [0.1, 0.15) is 32.5 Å². The number of aliphatic hydroxyl groups is 1. The first-order valence-corrected chi connectivity index (χ1v) is 6.34. The lowest BCUT2D eigenvalue weighted by Gasteiger charge is -2.18. The Hall–Kier alpha value is -1.75. The lowest BCUT2D eigenvalue weighted by Crippen LogP contribution is -2.15. The Morgan fingerprint density at radius 1 is 1.26 bits per heavy atom. The van der Waals surface area contributed by atoms with Gasteiger partial charge in [0.05, 0.1) is 30.2 Å². The third-order valence-electron chi connectivity index (χ3n) is 3.32. The fourth-order valence-electron chi connectivity index (χ4n) is 1.84. The van der Waals surface area contributed by atoms with E-state index in [1.165, 1.54) is 12.3 Å². The van der Waals surface area contributed by atoms with Gasteiger partial charge in [-0.05, 0) is 31.0 Å². The van der Waals surface area contributed by atoms with Gasteiger partial charge in [0.15, 0.2) is 0 Å². The van der Waals surface area contributed by atoms with Crippen LogP contribution in [-0.4, -0.2) is 19.9 Å². The van der Waals surface area contributed by atoms with E-state index in [0.717, 1.165) is 5.69 Å². The second kappa shape index (κ2) is 5.48. The van der Waals surface area contributed by atoms with Gasteiger partial charge in [-0.1, -0.05) is 13.8 Å². The van der Waals surface area contributed by atoms with Crippen LogP contribution in [0, 0.1) is 11.7 Å². The van der Waals surface area contributed by atoms with E-state index in [-0.39, 0.29) is 18.5 Å². The van der Waals surface area contributed by atoms with E-state index >= 15 is 0 Å². The SMILES string of the molecule is CC(C)C(C)n1nc(-c2ccc(F)cn2)cc1CO. The highest BCUT2D eigenvalue weighted by Gasteiger charge is 2.17. The molecule has 102 valence electrons. The van der Waals surface area contributed by atoms with Crippen molar-refractivity contribution in [3.8, 4) is 11.4 Å². The molecular weight excluding hydrogens is 245 g/mol. The number of hydrogen-bond donors (Lipinski definition) is 1. The lowest BCUT2D eigenvalue weighted by atomic mass is 10.1. The lowest BCUT2D eigenvalue weighted by molar-refractivity contribution is 0.254. The molecule has 2 aromatic rings. The number of aliphatic hydroxyl groups excluding tert-OH is 1. The average Bonchev–Trinajstić information content (AvgIpc) is 2.82. The molecule has 0 aliphatic rings. The summed E-state index contributed by atoms with van der Waals surface area (Å²) in [5, 5.41) is 13.9. The van der Waals surface area contributed by atoms with Crippen molar-refractivity contribution in [3.63, 3.8) is 0 Å². The van der Waals surface area contributed by atoms with Crippen LogP contribution in [0.2, 0.25) is 0 Å². The minimum Gasteiger partial charge on any atom is -0.390 e. The first kappa shape index (κ1) is 13.7. The maximum atomic E-state index is 12.9. The highest BCUT2D eigenvalue weighted by molar-refractivity contribution is 5.54. The summed E-state index contributed by atoms with van der Waals surface area (Å²) < 4.78 is 14.7. The molecule has 4 nitrogen and oxygen atoms in total. The predicted molar refractivity (Wildman–Crippen MR) is 70.9 cm³/mol. The number of hydrogen-bond acceptors (Lipinski definition) is 3.